The monoisotopic (exact) mass is 325 g/mol. The van der Waals surface area contributed by atoms with Gasteiger partial charge < -0.3 is 14.5 Å². The second-order valence-electron chi connectivity index (χ2n) is 7.22. The molecule has 1 unspecified atom stereocenters. The van der Waals surface area contributed by atoms with Crippen LogP contribution in [0, 0.1) is 0 Å². The fraction of sp³-hybridized carbons (Fsp3) is 0.765. The summed E-state index contributed by atoms with van der Waals surface area (Å²) in [6.45, 7) is 12.7. The van der Waals surface area contributed by atoms with Gasteiger partial charge >= 0.3 is 6.09 Å². The predicted octanol–water partition coefficient (Wildman–Crippen LogP) is 2.31. The van der Waals surface area contributed by atoms with Gasteiger partial charge in [0, 0.05) is 32.8 Å². The minimum absolute atomic E-state index is 0.000636. The van der Waals surface area contributed by atoms with Crippen molar-refractivity contribution in [3.63, 3.8) is 0 Å². The molecule has 0 saturated carbocycles. The van der Waals surface area contributed by atoms with Crippen LogP contribution in [0.25, 0.3) is 0 Å². The number of ether oxygens (including phenoxy) is 1. The number of hydrogen-bond donors (Lipinski definition) is 0. The topological polar surface area (TPSA) is 53.1 Å². The normalized spacial score (nSPS) is 18.2. The van der Waals surface area contributed by atoms with Crippen LogP contribution in [-0.4, -0.2) is 71.7 Å². The van der Waals surface area contributed by atoms with E-state index >= 15 is 0 Å². The number of carbonyl (C=O) groups is 2. The Morgan fingerprint density at radius 2 is 1.78 bits per heavy atom. The van der Waals surface area contributed by atoms with E-state index in [4.69, 9.17) is 4.74 Å². The van der Waals surface area contributed by atoms with Crippen molar-refractivity contribution < 1.29 is 14.3 Å². The Balaban J connectivity index is 2.52. The minimum Gasteiger partial charge on any atom is -0.444 e. The van der Waals surface area contributed by atoms with E-state index in [0.29, 0.717) is 0 Å². The third-order valence-corrected chi connectivity index (χ3v) is 4.30. The maximum atomic E-state index is 12.2. The lowest BCUT2D eigenvalue weighted by atomic mass is 10.1. The summed E-state index contributed by atoms with van der Waals surface area (Å²) in [5.41, 5.74) is 0.251. The van der Waals surface area contributed by atoms with Crippen molar-refractivity contribution in [1.29, 1.82) is 0 Å². The molecule has 0 N–H and O–H groups in total. The molecule has 0 aromatic carbocycles. The number of allylic oxidation sites excluding steroid dienone is 1. The zero-order valence-corrected chi connectivity index (χ0v) is 15.7. The number of rotatable bonds is 4. The van der Waals surface area contributed by atoms with Gasteiger partial charge in [0.05, 0.1) is 12.2 Å². The quantitative estimate of drug-likeness (QED) is 0.744. The van der Waals surface area contributed by atoms with E-state index in [9.17, 15) is 9.59 Å². The predicted molar refractivity (Wildman–Crippen MR) is 91.0 cm³/mol. The molecule has 0 bridgehead atoms. The molecule has 0 aromatic heterocycles. The summed E-state index contributed by atoms with van der Waals surface area (Å²) in [6.07, 6.45) is 1.52. The highest BCUT2D eigenvalue weighted by atomic mass is 16.6. The molecule has 1 aliphatic rings. The maximum Gasteiger partial charge on any atom is 0.410 e. The van der Waals surface area contributed by atoms with E-state index in [1.807, 2.05) is 54.7 Å². The fourth-order valence-electron chi connectivity index (χ4n) is 2.34. The van der Waals surface area contributed by atoms with Gasteiger partial charge in [-0.25, -0.2) is 4.79 Å². The Bertz CT molecular complexity index is 476. The second kappa shape index (κ2) is 7.34. The van der Waals surface area contributed by atoms with Crippen LogP contribution < -0.4 is 0 Å². The van der Waals surface area contributed by atoms with Gasteiger partial charge in [0.25, 0.3) is 0 Å². The van der Waals surface area contributed by atoms with Gasteiger partial charge in [-0.3, -0.25) is 9.69 Å². The molecule has 1 rings (SSSR count). The van der Waals surface area contributed by atoms with Crippen molar-refractivity contribution >= 4 is 12.0 Å². The number of amides is 2. The highest BCUT2D eigenvalue weighted by molar-refractivity contribution is 5.92. The lowest BCUT2D eigenvalue weighted by Gasteiger charge is -2.48. The molecule has 132 valence electrons. The Morgan fingerprint density at radius 3 is 2.22 bits per heavy atom. The summed E-state index contributed by atoms with van der Waals surface area (Å²) in [6, 6.07) is 0.124. The molecule has 0 spiro atoms. The standard InChI is InChI=1S/C17H31N3O3/c1-9-12(2)15(21)18(7)13(3)20-10-14(11-20)19(8)16(22)23-17(4,5)6/h9,13-14H,10-11H2,1-8H3/b12-9-. The van der Waals surface area contributed by atoms with Crippen LogP contribution in [-0.2, 0) is 9.53 Å². The van der Waals surface area contributed by atoms with Crippen LogP contribution in [0.3, 0.4) is 0 Å². The van der Waals surface area contributed by atoms with E-state index in [1.165, 1.54) is 0 Å². The zero-order chi connectivity index (χ0) is 17.9. The Kier molecular flexibility index (Phi) is 6.22. The molecular weight excluding hydrogens is 294 g/mol. The maximum absolute atomic E-state index is 12.2. The summed E-state index contributed by atoms with van der Waals surface area (Å²) in [5.74, 6) is 0.0314. The van der Waals surface area contributed by atoms with Crippen molar-refractivity contribution in [2.24, 2.45) is 0 Å². The first-order valence-electron chi connectivity index (χ1n) is 8.08. The summed E-state index contributed by atoms with van der Waals surface area (Å²) < 4.78 is 5.38. The summed E-state index contributed by atoms with van der Waals surface area (Å²) in [7, 11) is 3.57. The molecule has 1 aliphatic heterocycles. The van der Waals surface area contributed by atoms with Gasteiger partial charge in [0.1, 0.15) is 5.60 Å². The summed E-state index contributed by atoms with van der Waals surface area (Å²) >= 11 is 0. The van der Waals surface area contributed by atoms with Crippen molar-refractivity contribution in [3.8, 4) is 0 Å². The molecule has 2 amide bonds. The van der Waals surface area contributed by atoms with E-state index in [2.05, 4.69) is 4.90 Å². The third kappa shape index (κ3) is 4.96. The average molecular weight is 325 g/mol. The number of likely N-dealkylation sites (N-methyl/N-ethyl adjacent to an activating group) is 2. The first-order valence-corrected chi connectivity index (χ1v) is 8.08. The zero-order valence-electron chi connectivity index (χ0n) is 15.7. The van der Waals surface area contributed by atoms with E-state index in [0.717, 1.165) is 18.7 Å². The molecule has 6 nitrogen and oxygen atoms in total. The lowest BCUT2D eigenvalue weighted by molar-refractivity contribution is -0.134. The Hall–Kier alpha value is -1.56. The molecule has 6 heteroatoms. The van der Waals surface area contributed by atoms with Crippen LogP contribution in [0.1, 0.15) is 41.5 Å². The molecule has 1 heterocycles. The number of nitrogens with zero attached hydrogens (tertiary/aromatic N) is 3. The van der Waals surface area contributed by atoms with Gasteiger partial charge in [-0.1, -0.05) is 6.08 Å². The highest BCUT2D eigenvalue weighted by Gasteiger charge is 2.38. The average Bonchev–Trinajstić information content (AvgIpc) is 2.40. The van der Waals surface area contributed by atoms with Gasteiger partial charge in [0.15, 0.2) is 0 Å². The molecule has 0 aliphatic carbocycles. The van der Waals surface area contributed by atoms with Crippen molar-refractivity contribution in [3.05, 3.63) is 11.6 Å². The van der Waals surface area contributed by atoms with Crippen LogP contribution in [0.15, 0.2) is 11.6 Å². The van der Waals surface area contributed by atoms with Gasteiger partial charge in [-0.05, 0) is 41.5 Å². The molecule has 0 aromatic rings. The smallest absolute Gasteiger partial charge is 0.410 e. The highest BCUT2D eigenvalue weighted by Crippen LogP contribution is 2.21. The molecule has 1 fully saturated rings. The van der Waals surface area contributed by atoms with Crippen LogP contribution in [0.4, 0.5) is 4.79 Å². The van der Waals surface area contributed by atoms with E-state index in [-0.39, 0.29) is 24.2 Å². The Labute approximate surface area is 140 Å². The molecule has 23 heavy (non-hydrogen) atoms. The van der Waals surface area contributed by atoms with Crippen LogP contribution in [0.5, 0.6) is 0 Å². The minimum atomic E-state index is -0.487. The first-order chi connectivity index (χ1) is 10.5. The molecular formula is C17H31N3O3. The van der Waals surface area contributed by atoms with Crippen LogP contribution in [0.2, 0.25) is 0 Å². The van der Waals surface area contributed by atoms with Gasteiger partial charge in [-0.15, -0.1) is 0 Å². The lowest BCUT2D eigenvalue weighted by Crippen LogP contribution is -2.65. The second-order valence-corrected chi connectivity index (χ2v) is 7.22. The number of likely N-dealkylation sites (tertiary alicyclic amines) is 1. The Morgan fingerprint density at radius 1 is 1.26 bits per heavy atom. The number of carbonyl (C=O) groups excluding carboxylic acids is 2. The third-order valence-electron chi connectivity index (χ3n) is 4.30. The molecule has 1 saturated heterocycles. The molecule has 1 atom stereocenters. The molecule has 0 radical (unpaired) electrons. The van der Waals surface area contributed by atoms with Crippen LogP contribution >= 0.6 is 0 Å². The number of hydrogen-bond acceptors (Lipinski definition) is 4. The fourth-order valence-corrected chi connectivity index (χ4v) is 2.34. The van der Waals surface area contributed by atoms with Crippen molar-refractivity contribution in [2.45, 2.75) is 59.4 Å². The van der Waals surface area contributed by atoms with Gasteiger partial charge in [0.2, 0.25) is 5.91 Å². The van der Waals surface area contributed by atoms with Gasteiger partial charge in [-0.2, -0.15) is 0 Å². The van der Waals surface area contributed by atoms with Crippen molar-refractivity contribution in [2.75, 3.05) is 27.2 Å². The summed E-state index contributed by atoms with van der Waals surface area (Å²) in [4.78, 5) is 29.8. The van der Waals surface area contributed by atoms with E-state index in [1.54, 1.807) is 16.8 Å². The largest absolute Gasteiger partial charge is 0.444 e. The summed E-state index contributed by atoms with van der Waals surface area (Å²) in [5, 5.41) is 0. The SMILES string of the molecule is C/C=C(/C)C(=O)N(C)C(C)N1CC(N(C)C(=O)OC(C)(C)C)C1. The van der Waals surface area contributed by atoms with E-state index < -0.39 is 5.60 Å². The van der Waals surface area contributed by atoms with Crippen molar-refractivity contribution in [1.82, 2.24) is 14.7 Å². The first kappa shape index (κ1) is 19.5.